The molecule has 0 spiro atoms. The monoisotopic (exact) mass is 309 g/mol. The maximum atomic E-state index is 12.3. The Labute approximate surface area is 130 Å². The molecule has 0 saturated heterocycles. The van der Waals surface area contributed by atoms with Crippen molar-refractivity contribution in [1.29, 1.82) is 0 Å². The molecule has 1 aromatic carbocycles. The number of benzene rings is 1. The van der Waals surface area contributed by atoms with Gasteiger partial charge in [0.25, 0.3) is 0 Å². The lowest BCUT2D eigenvalue weighted by Crippen LogP contribution is -2.36. The van der Waals surface area contributed by atoms with Crippen molar-refractivity contribution >= 4 is 17.7 Å². The smallest absolute Gasteiger partial charge is 0.235 e. The van der Waals surface area contributed by atoms with Crippen LogP contribution in [0.15, 0.2) is 23.1 Å². The number of amides is 1. The van der Waals surface area contributed by atoms with Crippen molar-refractivity contribution in [2.75, 3.05) is 26.3 Å². The number of carbonyl (C=O) groups is 1. The van der Waals surface area contributed by atoms with E-state index < -0.39 is 0 Å². The van der Waals surface area contributed by atoms with Crippen LogP contribution in [0.25, 0.3) is 0 Å². The first-order chi connectivity index (χ1) is 10.2. The Balaban J connectivity index is 2.05. The van der Waals surface area contributed by atoms with Crippen LogP contribution in [0.2, 0.25) is 0 Å². The quantitative estimate of drug-likeness (QED) is 0.783. The topological polar surface area (TPSA) is 38.8 Å². The van der Waals surface area contributed by atoms with Crippen molar-refractivity contribution in [2.24, 2.45) is 0 Å². The standard InChI is InChI=1S/C16H23NO3S/c1-4-17(5-2)16(18)12(3)21-13-7-8-14-15(11-13)20-10-6-9-19-14/h7-8,11-12H,4-6,9-10H2,1-3H3. The largest absolute Gasteiger partial charge is 0.490 e. The van der Waals surface area contributed by atoms with Gasteiger partial charge in [-0.1, -0.05) is 0 Å². The van der Waals surface area contributed by atoms with Gasteiger partial charge in [0.05, 0.1) is 18.5 Å². The van der Waals surface area contributed by atoms with Crippen LogP contribution in [0, 0.1) is 0 Å². The molecule has 5 heteroatoms. The average molecular weight is 309 g/mol. The van der Waals surface area contributed by atoms with Gasteiger partial charge in [-0.25, -0.2) is 0 Å². The van der Waals surface area contributed by atoms with Crippen molar-refractivity contribution in [3.8, 4) is 11.5 Å². The molecule has 1 heterocycles. The molecule has 1 aromatic rings. The second kappa shape index (κ2) is 7.59. The number of fused-ring (bicyclic) bond motifs is 1. The molecule has 1 unspecified atom stereocenters. The fourth-order valence-corrected chi connectivity index (χ4v) is 3.24. The highest BCUT2D eigenvalue weighted by atomic mass is 32.2. The SMILES string of the molecule is CCN(CC)C(=O)C(C)Sc1ccc2c(c1)OCCCO2. The predicted molar refractivity (Wildman–Crippen MR) is 85.3 cm³/mol. The molecule has 21 heavy (non-hydrogen) atoms. The Hall–Kier alpha value is -1.36. The van der Waals surface area contributed by atoms with E-state index in [0.717, 1.165) is 35.9 Å². The summed E-state index contributed by atoms with van der Waals surface area (Å²) in [6, 6.07) is 5.89. The minimum Gasteiger partial charge on any atom is -0.490 e. The first-order valence-corrected chi connectivity index (χ1v) is 8.38. The highest BCUT2D eigenvalue weighted by molar-refractivity contribution is 8.00. The lowest BCUT2D eigenvalue weighted by Gasteiger charge is -2.22. The maximum Gasteiger partial charge on any atom is 0.235 e. The van der Waals surface area contributed by atoms with E-state index in [0.29, 0.717) is 13.2 Å². The van der Waals surface area contributed by atoms with E-state index >= 15 is 0 Å². The highest BCUT2D eigenvalue weighted by Crippen LogP contribution is 2.35. The molecule has 0 saturated carbocycles. The second-order valence-corrected chi connectivity index (χ2v) is 6.34. The summed E-state index contributed by atoms with van der Waals surface area (Å²) in [5, 5.41) is -0.102. The van der Waals surface area contributed by atoms with Crippen molar-refractivity contribution in [3.63, 3.8) is 0 Å². The molecule has 4 nitrogen and oxygen atoms in total. The van der Waals surface area contributed by atoms with Crippen LogP contribution in [0.4, 0.5) is 0 Å². The Kier molecular flexibility index (Phi) is 5.79. The number of hydrogen-bond donors (Lipinski definition) is 0. The molecule has 1 amide bonds. The summed E-state index contributed by atoms with van der Waals surface area (Å²) in [7, 11) is 0. The summed E-state index contributed by atoms with van der Waals surface area (Å²) in [4.78, 5) is 15.2. The number of ether oxygens (including phenoxy) is 2. The van der Waals surface area contributed by atoms with E-state index in [2.05, 4.69) is 0 Å². The molecule has 0 bridgehead atoms. The normalized spacial score (nSPS) is 15.2. The molecule has 0 N–H and O–H groups in total. The fourth-order valence-electron chi connectivity index (χ4n) is 2.26. The molecule has 0 aromatic heterocycles. The first kappa shape index (κ1) is 16.0. The molecule has 0 fully saturated rings. The minimum absolute atomic E-state index is 0.102. The Morgan fingerprint density at radius 3 is 2.57 bits per heavy atom. The Morgan fingerprint density at radius 1 is 1.24 bits per heavy atom. The summed E-state index contributed by atoms with van der Waals surface area (Å²) < 4.78 is 11.3. The highest BCUT2D eigenvalue weighted by Gasteiger charge is 2.20. The minimum atomic E-state index is -0.102. The van der Waals surface area contributed by atoms with Crippen LogP contribution >= 0.6 is 11.8 Å². The van der Waals surface area contributed by atoms with Gasteiger partial charge in [-0.2, -0.15) is 0 Å². The Morgan fingerprint density at radius 2 is 1.90 bits per heavy atom. The lowest BCUT2D eigenvalue weighted by molar-refractivity contribution is -0.129. The van der Waals surface area contributed by atoms with E-state index in [9.17, 15) is 4.79 Å². The number of thioether (sulfide) groups is 1. The molecule has 1 aliphatic rings. The lowest BCUT2D eigenvalue weighted by atomic mass is 10.3. The molecule has 0 radical (unpaired) electrons. The van der Waals surface area contributed by atoms with E-state index in [-0.39, 0.29) is 11.2 Å². The fraction of sp³-hybridized carbons (Fsp3) is 0.562. The molecular formula is C16H23NO3S. The van der Waals surface area contributed by atoms with Crippen molar-refractivity contribution in [1.82, 2.24) is 4.90 Å². The van der Waals surface area contributed by atoms with Gasteiger partial charge in [-0.3, -0.25) is 4.79 Å². The van der Waals surface area contributed by atoms with Crippen molar-refractivity contribution < 1.29 is 14.3 Å². The zero-order chi connectivity index (χ0) is 15.2. The third-order valence-electron chi connectivity index (χ3n) is 3.45. The number of carbonyl (C=O) groups excluding carboxylic acids is 1. The maximum absolute atomic E-state index is 12.3. The molecular weight excluding hydrogens is 286 g/mol. The third-order valence-corrected chi connectivity index (χ3v) is 4.54. The van der Waals surface area contributed by atoms with Gasteiger partial charge < -0.3 is 14.4 Å². The van der Waals surface area contributed by atoms with E-state index in [1.807, 2.05) is 43.9 Å². The molecule has 1 aliphatic heterocycles. The summed E-state index contributed by atoms with van der Waals surface area (Å²) in [5.74, 6) is 1.75. The summed E-state index contributed by atoms with van der Waals surface area (Å²) in [6.07, 6.45) is 0.897. The average Bonchev–Trinajstić information content (AvgIpc) is 2.73. The predicted octanol–water partition coefficient (Wildman–Crippen LogP) is 3.20. The van der Waals surface area contributed by atoms with Gasteiger partial charge in [0.2, 0.25) is 5.91 Å². The van der Waals surface area contributed by atoms with Crippen LogP contribution in [-0.2, 0) is 4.79 Å². The van der Waals surface area contributed by atoms with Gasteiger partial charge in [-0.15, -0.1) is 11.8 Å². The zero-order valence-corrected chi connectivity index (χ0v) is 13.7. The molecule has 1 atom stereocenters. The first-order valence-electron chi connectivity index (χ1n) is 7.50. The summed E-state index contributed by atoms with van der Waals surface area (Å²) in [6.45, 7) is 8.83. The summed E-state index contributed by atoms with van der Waals surface area (Å²) in [5.41, 5.74) is 0. The van der Waals surface area contributed by atoms with Gasteiger partial charge in [-0.05, 0) is 39.0 Å². The second-order valence-electron chi connectivity index (χ2n) is 4.93. The van der Waals surface area contributed by atoms with Gasteiger partial charge in [0, 0.05) is 24.4 Å². The van der Waals surface area contributed by atoms with Gasteiger partial charge >= 0.3 is 0 Å². The van der Waals surface area contributed by atoms with Gasteiger partial charge in [0.1, 0.15) is 0 Å². The number of hydrogen-bond acceptors (Lipinski definition) is 4. The Bertz CT molecular complexity index is 488. The van der Waals surface area contributed by atoms with Crippen LogP contribution in [0.1, 0.15) is 27.2 Å². The zero-order valence-electron chi connectivity index (χ0n) is 12.9. The van der Waals surface area contributed by atoms with E-state index in [1.54, 1.807) is 11.8 Å². The molecule has 2 rings (SSSR count). The van der Waals surface area contributed by atoms with Gasteiger partial charge in [0.15, 0.2) is 11.5 Å². The molecule has 116 valence electrons. The van der Waals surface area contributed by atoms with Crippen molar-refractivity contribution in [3.05, 3.63) is 18.2 Å². The molecule has 0 aliphatic carbocycles. The van der Waals surface area contributed by atoms with Crippen LogP contribution in [0.5, 0.6) is 11.5 Å². The van der Waals surface area contributed by atoms with Crippen LogP contribution in [0.3, 0.4) is 0 Å². The number of rotatable bonds is 5. The van der Waals surface area contributed by atoms with Crippen LogP contribution in [-0.4, -0.2) is 42.4 Å². The van der Waals surface area contributed by atoms with Crippen LogP contribution < -0.4 is 9.47 Å². The van der Waals surface area contributed by atoms with Crippen molar-refractivity contribution in [2.45, 2.75) is 37.3 Å². The van der Waals surface area contributed by atoms with E-state index in [4.69, 9.17) is 9.47 Å². The van der Waals surface area contributed by atoms with E-state index in [1.165, 1.54) is 0 Å². The summed E-state index contributed by atoms with van der Waals surface area (Å²) >= 11 is 1.56. The number of nitrogens with zero attached hydrogens (tertiary/aromatic N) is 1. The third kappa shape index (κ3) is 4.06.